The number of nitrogen functional groups attached to an aromatic ring is 1. The summed E-state index contributed by atoms with van der Waals surface area (Å²) in [5.74, 6) is 4.74. The second kappa shape index (κ2) is 4.90. The molecule has 1 aliphatic carbocycles. The van der Waals surface area contributed by atoms with Crippen LogP contribution in [0.4, 0.5) is 0 Å². The van der Waals surface area contributed by atoms with Crippen molar-refractivity contribution in [1.29, 1.82) is 0 Å². The quantitative estimate of drug-likeness (QED) is 0.452. The van der Waals surface area contributed by atoms with Gasteiger partial charge in [0.2, 0.25) is 0 Å². The number of hydrogen-bond acceptors (Lipinski definition) is 5. The first-order valence-electron chi connectivity index (χ1n) is 5.44. The van der Waals surface area contributed by atoms with Gasteiger partial charge >= 0.3 is 0 Å². The van der Waals surface area contributed by atoms with Crippen LogP contribution >= 0.6 is 11.3 Å². The molecule has 2 rings (SSSR count). The molecule has 1 amide bonds. The summed E-state index contributed by atoms with van der Waals surface area (Å²) in [6.45, 7) is 4.01. The van der Waals surface area contributed by atoms with E-state index >= 15 is 0 Å². The van der Waals surface area contributed by atoms with Crippen LogP contribution in [0, 0.1) is 0 Å². The highest BCUT2D eigenvalue weighted by atomic mass is 32.1. The van der Waals surface area contributed by atoms with Crippen LogP contribution in [0.2, 0.25) is 0 Å². The first kappa shape index (κ1) is 11.5. The number of nitrogens with two attached hydrogens (primary N) is 1. The zero-order valence-electron chi connectivity index (χ0n) is 9.27. The van der Waals surface area contributed by atoms with E-state index < -0.39 is 0 Å². The molecule has 0 bridgehead atoms. The van der Waals surface area contributed by atoms with E-state index in [1.165, 1.54) is 24.2 Å². The molecule has 1 saturated carbocycles. The van der Waals surface area contributed by atoms with Gasteiger partial charge in [-0.05, 0) is 19.4 Å². The summed E-state index contributed by atoms with van der Waals surface area (Å²) < 4.78 is 0. The standard InChI is InChI=1S/C10H16N4OS/c1-2-14(8-3-4-8)5-7-6-16-10(12-7)9(15)13-11/h6,8H,2-5,11H2,1H3,(H,13,15). The Morgan fingerprint density at radius 2 is 2.50 bits per heavy atom. The summed E-state index contributed by atoms with van der Waals surface area (Å²) in [7, 11) is 0. The Bertz CT molecular complexity index is 375. The lowest BCUT2D eigenvalue weighted by atomic mass is 10.4. The van der Waals surface area contributed by atoms with Gasteiger partial charge in [-0.3, -0.25) is 15.1 Å². The van der Waals surface area contributed by atoms with Gasteiger partial charge in [-0.25, -0.2) is 10.8 Å². The molecule has 0 spiro atoms. The second-order valence-corrected chi connectivity index (χ2v) is 4.77. The maximum Gasteiger partial charge on any atom is 0.294 e. The van der Waals surface area contributed by atoms with Crippen molar-refractivity contribution in [3.63, 3.8) is 0 Å². The number of aromatic nitrogens is 1. The normalized spacial score (nSPS) is 15.4. The zero-order chi connectivity index (χ0) is 11.5. The average molecular weight is 240 g/mol. The topological polar surface area (TPSA) is 71.2 Å². The average Bonchev–Trinajstić information content (AvgIpc) is 3.04. The molecule has 5 nitrogen and oxygen atoms in total. The van der Waals surface area contributed by atoms with Crippen molar-refractivity contribution in [3.8, 4) is 0 Å². The summed E-state index contributed by atoms with van der Waals surface area (Å²) in [6.07, 6.45) is 2.57. The number of amides is 1. The van der Waals surface area contributed by atoms with Crippen LogP contribution in [-0.2, 0) is 6.54 Å². The van der Waals surface area contributed by atoms with E-state index in [1.807, 2.05) is 5.38 Å². The largest absolute Gasteiger partial charge is 0.295 e. The van der Waals surface area contributed by atoms with Gasteiger partial charge in [-0.2, -0.15) is 0 Å². The third-order valence-electron chi connectivity index (χ3n) is 2.71. The molecule has 88 valence electrons. The Morgan fingerprint density at radius 1 is 1.75 bits per heavy atom. The van der Waals surface area contributed by atoms with Gasteiger partial charge in [-0.15, -0.1) is 11.3 Å². The SMILES string of the molecule is CCN(Cc1csc(C(=O)NN)n1)C1CC1. The van der Waals surface area contributed by atoms with Crippen molar-refractivity contribution in [3.05, 3.63) is 16.1 Å². The molecule has 1 aliphatic rings. The van der Waals surface area contributed by atoms with Gasteiger partial charge in [0, 0.05) is 18.0 Å². The van der Waals surface area contributed by atoms with E-state index in [4.69, 9.17) is 5.84 Å². The summed E-state index contributed by atoms with van der Waals surface area (Å²) >= 11 is 1.34. The maximum absolute atomic E-state index is 11.2. The fourth-order valence-electron chi connectivity index (χ4n) is 1.69. The van der Waals surface area contributed by atoms with E-state index in [0.717, 1.165) is 24.8 Å². The van der Waals surface area contributed by atoms with E-state index in [9.17, 15) is 4.79 Å². The Hall–Kier alpha value is -0.980. The lowest BCUT2D eigenvalue weighted by molar-refractivity contribution is 0.0953. The molecule has 0 aliphatic heterocycles. The highest BCUT2D eigenvalue weighted by molar-refractivity contribution is 7.11. The van der Waals surface area contributed by atoms with Crippen molar-refractivity contribution in [2.24, 2.45) is 5.84 Å². The number of hydrazine groups is 1. The number of hydrogen-bond donors (Lipinski definition) is 2. The van der Waals surface area contributed by atoms with Crippen LogP contribution in [0.25, 0.3) is 0 Å². The Labute approximate surface area is 98.6 Å². The number of thiazole rings is 1. The lowest BCUT2D eigenvalue weighted by Crippen LogP contribution is -2.30. The highest BCUT2D eigenvalue weighted by Gasteiger charge is 2.28. The van der Waals surface area contributed by atoms with Crippen molar-refractivity contribution in [2.75, 3.05) is 6.54 Å². The molecule has 0 atom stereocenters. The first-order valence-corrected chi connectivity index (χ1v) is 6.32. The molecule has 0 unspecified atom stereocenters. The summed E-state index contributed by atoms with van der Waals surface area (Å²) in [4.78, 5) is 17.9. The van der Waals surface area contributed by atoms with Gasteiger partial charge < -0.3 is 0 Å². The molecule has 6 heteroatoms. The molecule has 16 heavy (non-hydrogen) atoms. The van der Waals surface area contributed by atoms with E-state index in [1.54, 1.807) is 0 Å². The molecule has 1 aromatic heterocycles. The molecule has 0 saturated heterocycles. The fourth-order valence-corrected chi connectivity index (χ4v) is 2.40. The van der Waals surface area contributed by atoms with Crippen molar-refractivity contribution < 1.29 is 4.79 Å². The fraction of sp³-hybridized carbons (Fsp3) is 0.600. The minimum atomic E-state index is -0.314. The van der Waals surface area contributed by atoms with Gasteiger partial charge in [0.15, 0.2) is 5.01 Å². The third kappa shape index (κ3) is 2.58. The number of rotatable bonds is 5. The Morgan fingerprint density at radius 3 is 3.06 bits per heavy atom. The van der Waals surface area contributed by atoms with Crippen molar-refractivity contribution >= 4 is 17.2 Å². The van der Waals surface area contributed by atoms with Crippen LogP contribution in [0.1, 0.15) is 35.3 Å². The predicted octanol–water partition coefficient (Wildman–Crippen LogP) is 0.731. The molecular weight excluding hydrogens is 224 g/mol. The van der Waals surface area contributed by atoms with Crippen molar-refractivity contribution in [2.45, 2.75) is 32.4 Å². The highest BCUT2D eigenvalue weighted by Crippen LogP contribution is 2.28. The smallest absolute Gasteiger partial charge is 0.294 e. The molecule has 0 radical (unpaired) electrons. The van der Waals surface area contributed by atoms with Gasteiger partial charge in [0.05, 0.1) is 5.69 Å². The predicted molar refractivity (Wildman–Crippen MR) is 62.9 cm³/mol. The minimum Gasteiger partial charge on any atom is -0.295 e. The Balaban J connectivity index is 1.98. The van der Waals surface area contributed by atoms with Crippen LogP contribution in [0.5, 0.6) is 0 Å². The van der Waals surface area contributed by atoms with Gasteiger partial charge in [0.1, 0.15) is 0 Å². The van der Waals surface area contributed by atoms with Gasteiger partial charge in [0.25, 0.3) is 5.91 Å². The molecule has 1 aromatic rings. The monoisotopic (exact) mass is 240 g/mol. The number of carbonyl (C=O) groups excluding carboxylic acids is 1. The summed E-state index contributed by atoms with van der Waals surface area (Å²) in [5, 5.41) is 2.36. The summed E-state index contributed by atoms with van der Waals surface area (Å²) in [5.41, 5.74) is 3.05. The molecule has 0 aromatic carbocycles. The number of nitrogens with one attached hydrogen (secondary N) is 1. The van der Waals surface area contributed by atoms with Crippen molar-refractivity contribution in [1.82, 2.24) is 15.3 Å². The van der Waals surface area contributed by atoms with Gasteiger partial charge in [-0.1, -0.05) is 6.92 Å². The second-order valence-electron chi connectivity index (χ2n) is 3.91. The van der Waals surface area contributed by atoms with E-state index in [-0.39, 0.29) is 5.91 Å². The molecular formula is C10H16N4OS. The minimum absolute atomic E-state index is 0.314. The molecule has 3 N–H and O–H groups in total. The molecule has 1 fully saturated rings. The van der Waals surface area contributed by atoms with Crippen LogP contribution in [0.15, 0.2) is 5.38 Å². The lowest BCUT2D eigenvalue weighted by Gasteiger charge is -2.17. The zero-order valence-corrected chi connectivity index (χ0v) is 10.1. The Kier molecular flexibility index (Phi) is 3.52. The number of carbonyl (C=O) groups is 1. The van der Waals surface area contributed by atoms with E-state index in [2.05, 4.69) is 22.2 Å². The van der Waals surface area contributed by atoms with Crippen LogP contribution in [-0.4, -0.2) is 28.4 Å². The van der Waals surface area contributed by atoms with Crippen LogP contribution < -0.4 is 11.3 Å². The summed E-state index contributed by atoms with van der Waals surface area (Å²) in [6, 6.07) is 0.721. The maximum atomic E-state index is 11.2. The first-order chi connectivity index (χ1) is 7.74. The van der Waals surface area contributed by atoms with Crippen LogP contribution in [0.3, 0.4) is 0 Å². The number of nitrogens with zero attached hydrogens (tertiary/aromatic N) is 2. The molecule has 1 heterocycles. The van der Waals surface area contributed by atoms with E-state index in [0.29, 0.717) is 5.01 Å². The third-order valence-corrected chi connectivity index (χ3v) is 3.60.